The lowest BCUT2D eigenvalue weighted by Crippen LogP contribution is -2.19. The van der Waals surface area contributed by atoms with Crippen LogP contribution in [-0.4, -0.2) is 23.2 Å². The van der Waals surface area contributed by atoms with Gasteiger partial charge in [-0.25, -0.2) is 4.98 Å². The standard InChI is InChI=1S/C16H23N3O/c1-13(2)19-12-18-11-15(19)10-17-9-8-14-6-4-5-7-16(14)20-3/h4-7,11-13,17H,8-10H2,1-3H3. The SMILES string of the molecule is COc1ccccc1CCNCc1cncn1C(C)C. The van der Waals surface area contributed by atoms with Crippen molar-refractivity contribution in [1.29, 1.82) is 0 Å². The zero-order valence-electron chi connectivity index (χ0n) is 12.5. The maximum atomic E-state index is 5.36. The Bertz CT molecular complexity index is 534. The summed E-state index contributed by atoms with van der Waals surface area (Å²) >= 11 is 0. The molecule has 0 aliphatic heterocycles. The Kier molecular flexibility index (Phi) is 5.18. The van der Waals surface area contributed by atoms with Gasteiger partial charge in [0.05, 0.1) is 19.1 Å². The second-order valence-electron chi connectivity index (χ2n) is 5.12. The molecule has 0 radical (unpaired) electrons. The Balaban J connectivity index is 1.83. The third kappa shape index (κ3) is 3.61. The van der Waals surface area contributed by atoms with Crippen LogP contribution in [0.4, 0.5) is 0 Å². The van der Waals surface area contributed by atoms with Crippen molar-refractivity contribution in [2.45, 2.75) is 32.9 Å². The smallest absolute Gasteiger partial charge is 0.122 e. The van der Waals surface area contributed by atoms with E-state index >= 15 is 0 Å². The molecule has 4 nitrogen and oxygen atoms in total. The minimum Gasteiger partial charge on any atom is -0.496 e. The van der Waals surface area contributed by atoms with Crippen molar-refractivity contribution >= 4 is 0 Å². The van der Waals surface area contributed by atoms with Gasteiger partial charge in [-0.2, -0.15) is 0 Å². The average Bonchev–Trinajstić information content (AvgIpc) is 2.92. The molecule has 0 atom stereocenters. The van der Waals surface area contributed by atoms with Crippen molar-refractivity contribution in [2.24, 2.45) is 0 Å². The Morgan fingerprint density at radius 2 is 2.10 bits per heavy atom. The highest BCUT2D eigenvalue weighted by molar-refractivity contribution is 5.33. The monoisotopic (exact) mass is 273 g/mol. The predicted octanol–water partition coefficient (Wildman–Crippen LogP) is 2.80. The number of nitrogens with one attached hydrogen (secondary N) is 1. The van der Waals surface area contributed by atoms with Crippen LogP contribution >= 0.6 is 0 Å². The number of rotatable bonds is 7. The molecule has 1 aromatic heterocycles. The van der Waals surface area contributed by atoms with Gasteiger partial charge in [0.25, 0.3) is 0 Å². The van der Waals surface area contributed by atoms with E-state index in [4.69, 9.17) is 4.74 Å². The Morgan fingerprint density at radius 3 is 2.85 bits per heavy atom. The molecule has 0 saturated carbocycles. The first kappa shape index (κ1) is 14.6. The lowest BCUT2D eigenvalue weighted by atomic mass is 10.1. The molecular formula is C16H23N3O. The van der Waals surface area contributed by atoms with Crippen LogP contribution in [0, 0.1) is 0 Å². The van der Waals surface area contributed by atoms with Crippen LogP contribution in [0.5, 0.6) is 5.75 Å². The topological polar surface area (TPSA) is 39.1 Å². The van der Waals surface area contributed by atoms with Crippen molar-refractivity contribution in [3.63, 3.8) is 0 Å². The molecule has 0 aliphatic carbocycles. The molecule has 0 bridgehead atoms. The van der Waals surface area contributed by atoms with Gasteiger partial charge in [0.2, 0.25) is 0 Å². The van der Waals surface area contributed by atoms with Gasteiger partial charge < -0.3 is 14.6 Å². The first-order valence-electron chi connectivity index (χ1n) is 7.05. The maximum Gasteiger partial charge on any atom is 0.122 e. The fraction of sp³-hybridized carbons (Fsp3) is 0.438. The Morgan fingerprint density at radius 1 is 1.30 bits per heavy atom. The van der Waals surface area contributed by atoms with Crippen molar-refractivity contribution in [3.05, 3.63) is 48.0 Å². The summed E-state index contributed by atoms with van der Waals surface area (Å²) < 4.78 is 7.55. The Hall–Kier alpha value is -1.81. The van der Waals surface area contributed by atoms with Gasteiger partial charge in [-0.05, 0) is 38.4 Å². The number of benzene rings is 1. The average molecular weight is 273 g/mol. The highest BCUT2D eigenvalue weighted by Crippen LogP contribution is 2.17. The van der Waals surface area contributed by atoms with Gasteiger partial charge in [0, 0.05) is 18.8 Å². The van der Waals surface area contributed by atoms with Gasteiger partial charge in [-0.15, -0.1) is 0 Å². The maximum absolute atomic E-state index is 5.36. The zero-order valence-corrected chi connectivity index (χ0v) is 12.5. The van der Waals surface area contributed by atoms with Gasteiger partial charge in [-0.1, -0.05) is 18.2 Å². The van der Waals surface area contributed by atoms with Gasteiger partial charge in [0.1, 0.15) is 5.75 Å². The third-order valence-corrected chi connectivity index (χ3v) is 3.37. The summed E-state index contributed by atoms with van der Waals surface area (Å²) in [6.45, 7) is 6.09. The number of nitrogens with zero attached hydrogens (tertiary/aromatic N) is 2. The molecule has 2 rings (SSSR count). The Labute approximate surface area is 120 Å². The van der Waals surface area contributed by atoms with E-state index in [1.807, 2.05) is 30.7 Å². The van der Waals surface area contributed by atoms with Crippen LogP contribution in [0.15, 0.2) is 36.8 Å². The molecule has 0 amide bonds. The number of hydrogen-bond acceptors (Lipinski definition) is 3. The van der Waals surface area contributed by atoms with E-state index < -0.39 is 0 Å². The summed E-state index contributed by atoms with van der Waals surface area (Å²) in [5.41, 5.74) is 2.46. The molecule has 108 valence electrons. The van der Waals surface area contributed by atoms with Gasteiger partial charge in [-0.3, -0.25) is 0 Å². The van der Waals surface area contributed by atoms with Crippen molar-refractivity contribution in [3.8, 4) is 5.75 Å². The van der Waals surface area contributed by atoms with Crippen molar-refractivity contribution < 1.29 is 4.74 Å². The molecule has 20 heavy (non-hydrogen) atoms. The second kappa shape index (κ2) is 7.10. The molecule has 0 saturated heterocycles. The van der Waals surface area contributed by atoms with E-state index in [0.29, 0.717) is 6.04 Å². The summed E-state index contributed by atoms with van der Waals surface area (Å²) in [5.74, 6) is 0.960. The van der Waals surface area contributed by atoms with Gasteiger partial charge >= 0.3 is 0 Å². The molecule has 2 aromatic rings. The van der Waals surface area contributed by atoms with Crippen LogP contribution in [0.2, 0.25) is 0 Å². The number of methoxy groups -OCH3 is 1. The fourth-order valence-electron chi connectivity index (χ4n) is 2.28. The number of hydrogen-bond donors (Lipinski definition) is 1. The third-order valence-electron chi connectivity index (χ3n) is 3.37. The molecular weight excluding hydrogens is 250 g/mol. The summed E-state index contributed by atoms with van der Waals surface area (Å²) in [5, 5.41) is 3.47. The van der Waals surface area contributed by atoms with Crippen LogP contribution in [0.25, 0.3) is 0 Å². The number of imidazole rings is 1. The molecule has 4 heteroatoms. The van der Waals surface area contributed by atoms with Crippen molar-refractivity contribution in [2.75, 3.05) is 13.7 Å². The largest absolute Gasteiger partial charge is 0.496 e. The predicted molar refractivity (Wildman–Crippen MR) is 81.0 cm³/mol. The summed E-state index contributed by atoms with van der Waals surface area (Å²) in [7, 11) is 1.72. The second-order valence-corrected chi connectivity index (χ2v) is 5.12. The van der Waals surface area contributed by atoms with Crippen LogP contribution in [0.1, 0.15) is 31.1 Å². The lowest BCUT2D eigenvalue weighted by Gasteiger charge is -2.13. The minimum absolute atomic E-state index is 0.448. The minimum atomic E-state index is 0.448. The molecule has 1 aromatic carbocycles. The van der Waals surface area contributed by atoms with Crippen molar-refractivity contribution in [1.82, 2.24) is 14.9 Å². The molecule has 1 heterocycles. The summed E-state index contributed by atoms with van der Waals surface area (Å²) in [4.78, 5) is 4.21. The fourth-order valence-corrected chi connectivity index (χ4v) is 2.28. The first-order valence-corrected chi connectivity index (χ1v) is 7.05. The van der Waals surface area contributed by atoms with E-state index in [-0.39, 0.29) is 0 Å². The number of aromatic nitrogens is 2. The normalized spacial score (nSPS) is 11.0. The van der Waals surface area contributed by atoms with Crippen LogP contribution in [-0.2, 0) is 13.0 Å². The van der Waals surface area contributed by atoms with E-state index in [2.05, 4.69) is 34.8 Å². The van der Waals surface area contributed by atoms with Crippen LogP contribution in [0.3, 0.4) is 0 Å². The van der Waals surface area contributed by atoms with E-state index in [1.54, 1.807) is 7.11 Å². The molecule has 0 fully saturated rings. The molecule has 0 aliphatic rings. The van der Waals surface area contributed by atoms with E-state index in [0.717, 1.165) is 25.3 Å². The molecule has 0 unspecified atom stereocenters. The summed E-state index contributed by atoms with van der Waals surface area (Å²) in [6.07, 6.45) is 4.78. The summed E-state index contributed by atoms with van der Waals surface area (Å²) in [6, 6.07) is 8.61. The highest BCUT2D eigenvalue weighted by Gasteiger charge is 2.05. The molecule has 0 spiro atoms. The highest BCUT2D eigenvalue weighted by atomic mass is 16.5. The van der Waals surface area contributed by atoms with Crippen LogP contribution < -0.4 is 10.1 Å². The van der Waals surface area contributed by atoms with Gasteiger partial charge in [0.15, 0.2) is 0 Å². The molecule has 1 N–H and O–H groups in total. The lowest BCUT2D eigenvalue weighted by molar-refractivity contribution is 0.409. The quantitative estimate of drug-likeness (QED) is 0.788. The van der Waals surface area contributed by atoms with E-state index in [1.165, 1.54) is 11.3 Å². The number of ether oxygens (including phenoxy) is 1. The number of para-hydroxylation sites is 1. The van der Waals surface area contributed by atoms with E-state index in [9.17, 15) is 0 Å². The first-order chi connectivity index (χ1) is 9.72. The zero-order chi connectivity index (χ0) is 14.4.